The van der Waals surface area contributed by atoms with Gasteiger partial charge in [0.2, 0.25) is 6.79 Å². The second-order valence-electron chi connectivity index (χ2n) is 8.02. The number of hydrogen-bond acceptors (Lipinski definition) is 7. The van der Waals surface area contributed by atoms with Gasteiger partial charge in [0.15, 0.2) is 18.1 Å². The molecule has 0 saturated carbocycles. The van der Waals surface area contributed by atoms with E-state index >= 15 is 0 Å². The first-order valence-electron chi connectivity index (χ1n) is 11.4. The molecule has 1 aliphatic heterocycles. The predicted octanol–water partition coefficient (Wildman–Crippen LogP) is 3.22. The van der Waals surface area contributed by atoms with Crippen LogP contribution in [0.4, 0.5) is 18.9 Å². The van der Waals surface area contributed by atoms with Gasteiger partial charge >= 0.3 is 18.0 Å². The SMILES string of the molecule is O=C(COc1ccccc1/C=N/NC(=O)C(=O)NCc1ccc2c(c1)OCO2)Nc1cccc(C(F)(F)F)c1. The number of alkyl halides is 3. The van der Waals surface area contributed by atoms with Crippen molar-refractivity contribution in [3.05, 3.63) is 83.4 Å². The van der Waals surface area contributed by atoms with E-state index in [-0.39, 0.29) is 24.8 Å². The van der Waals surface area contributed by atoms with Crippen LogP contribution >= 0.6 is 0 Å². The normalized spacial score (nSPS) is 12.2. The summed E-state index contributed by atoms with van der Waals surface area (Å²) < 4.78 is 54.5. The number of nitrogens with zero attached hydrogens (tertiary/aromatic N) is 1. The molecule has 0 fully saturated rings. The summed E-state index contributed by atoms with van der Waals surface area (Å²) in [5.41, 5.74) is 2.23. The van der Waals surface area contributed by atoms with Crippen molar-refractivity contribution >= 4 is 29.6 Å². The molecule has 3 N–H and O–H groups in total. The summed E-state index contributed by atoms with van der Waals surface area (Å²) in [6, 6.07) is 15.7. The van der Waals surface area contributed by atoms with Gasteiger partial charge in [0, 0.05) is 17.8 Å². The van der Waals surface area contributed by atoms with Crippen LogP contribution in [0.1, 0.15) is 16.7 Å². The Hall–Kier alpha value is -5.07. The van der Waals surface area contributed by atoms with E-state index in [1.54, 1.807) is 36.4 Å². The molecule has 0 aliphatic carbocycles. The van der Waals surface area contributed by atoms with Crippen molar-refractivity contribution < 1.29 is 41.8 Å². The Balaban J connectivity index is 1.26. The minimum absolute atomic E-state index is 0.0345. The monoisotopic (exact) mass is 542 g/mol. The number of hydrogen-bond donors (Lipinski definition) is 3. The number of fused-ring (bicyclic) bond motifs is 1. The number of amides is 3. The van der Waals surface area contributed by atoms with Crippen LogP contribution in [0.25, 0.3) is 0 Å². The minimum atomic E-state index is -4.54. The van der Waals surface area contributed by atoms with Crippen LogP contribution < -0.4 is 30.3 Å². The molecular weight excluding hydrogens is 521 g/mol. The van der Waals surface area contributed by atoms with Gasteiger partial charge in [0.1, 0.15) is 5.75 Å². The van der Waals surface area contributed by atoms with Crippen molar-refractivity contribution in [3.8, 4) is 17.2 Å². The summed E-state index contributed by atoms with van der Waals surface area (Å²) in [6.07, 6.45) is -3.33. The van der Waals surface area contributed by atoms with Gasteiger partial charge in [-0.2, -0.15) is 18.3 Å². The van der Waals surface area contributed by atoms with Crippen LogP contribution in [-0.2, 0) is 27.1 Å². The molecule has 0 saturated heterocycles. The van der Waals surface area contributed by atoms with Gasteiger partial charge in [-0.05, 0) is 48.0 Å². The maximum absolute atomic E-state index is 12.9. The van der Waals surface area contributed by atoms with Crippen molar-refractivity contribution in [2.24, 2.45) is 5.10 Å². The van der Waals surface area contributed by atoms with Crippen LogP contribution in [-0.4, -0.2) is 37.3 Å². The highest BCUT2D eigenvalue weighted by Gasteiger charge is 2.30. The first kappa shape index (κ1) is 27.0. The Morgan fingerprint density at radius 1 is 0.949 bits per heavy atom. The van der Waals surface area contributed by atoms with Gasteiger partial charge in [-0.3, -0.25) is 14.4 Å². The highest BCUT2D eigenvalue weighted by atomic mass is 19.4. The van der Waals surface area contributed by atoms with Crippen molar-refractivity contribution in [3.63, 3.8) is 0 Å². The standard InChI is InChI=1S/C26H21F3N4O6/c27-26(28,29)18-5-3-6-19(11-18)32-23(34)14-37-20-7-2-1-4-17(20)13-31-33-25(36)24(35)30-12-16-8-9-21-22(10-16)39-15-38-21/h1-11,13H,12,14-15H2,(H,30,35)(H,32,34)(H,33,36)/b31-13+. The van der Waals surface area contributed by atoms with Crippen LogP contribution in [0.5, 0.6) is 17.2 Å². The molecule has 0 radical (unpaired) electrons. The first-order valence-corrected chi connectivity index (χ1v) is 11.4. The molecule has 0 spiro atoms. The largest absolute Gasteiger partial charge is 0.483 e. The number of carbonyl (C=O) groups excluding carboxylic acids is 3. The predicted molar refractivity (Wildman–Crippen MR) is 132 cm³/mol. The number of hydrazone groups is 1. The summed E-state index contributed by atoms with van der Waals surface area (Å²) in [5.74, 6) is -1.26. The van der Waals surface area contributed by atoms with Gasteiger partial charge in [-0.1, -0.05) is 24.3 Å². The van der Waals surface area contributed by atoms with Crippen LogP contribution in [0, 0.1) is 0 Å². The fourth-order valence-electron chi connectivity index (χ4n) is 3.36. The van der Waals surface area contributed by atoms with E-state index in [4.69, 9.17) is 14.2 Å². The fraction of sp³-hybridized carbons (Fsp3) is 0.154. The van der Waals surface area contributed by atoms with Crippen molar-refractivity contribution in [2.75, 3.05) is 18.7 Å². The zero-order valence-electron chi connectivity index (χ0n) is 20.1. The molecule has 3 aromatic carbocycles. The first-order chi connectivity index (χ1) is 18.7. The molecule has 13 heteroatoms. The molecule has 0 unspecified atom stereocenters. The number of ether oxygens (including phenoxy) is 3. The van der Waals surface area contributed by atoms with Gasteiger partial charge in [0.25, 0.3) is 5.91 Å². The van der Waals surface area contributed by atoms with Crippen molar-refractivity contribution in [1.29, 1.82) is 0 Å². The van der Waals surface area contributed by atoms with E-state index in [0.717, 1.165) is 12.1 Å². The second kappa shape index (κ2) is 12.0. The number of anilines is 1. The Bertz CT molecular complexity index is 1410. The number of carbonyl (C=O) groups is 3. The van der Waals surface area contributed by atoms with Gasteiger partial charge in [-0.15, -0.1) is 0 Å². The summed E-state index contributed by atoms with van der Waals surface area (Å²) in [7, 11) is 0. The molecule has 202 valence electrons. The van der Waals surface area contributed by atoms with Gasteiger partial charge in [0.05, 0.1) is 11.8 Å². The minimum Gasteiger partial charge on any atom is -0.483 e. The molecule has 39 heavy (non-hydrogen) atoms. The highest BCUT2D eigenvalue weighted by molar-refractivity contribution is 6.35. The van der Waals surface area contributed by atoms with Crippen LogP contribution in [0.15, 0.2) is 71.8 Å². The lowest BCUT2D eigenvalue weighted by Crippen LogP contribution is -2.37. The average Bonchev–Trinajstić information content (AvgIpc) is 3.39. The van der Waals surface area contributed by atoms with E-state index in [0.29, 0.717) is 22.6 Å². The van der Waals surface area contributed by atoms with E-state index in [1.165, 1.54) is 24.4 Å². The number of nitrogens with one attached hydrogen (secondary N) is 3. The smallest absolute Gasteiger partial charge is 0.416 e. The van der Waals surface area contributed by atoms with Crippen LogP contribution in [0.3, 0.4) is 0 Å². The third kappa shape index (κ3) is 7.47. The summed E-state index contributed by atoms with van der Waals surface area (Å²) >= 11 is 0. The molecule has 0 atom stereocenters. The Kier molecular flexibility index (Phi) is 8.29. The third-order valence-corrected chi connectivity index (χ3v) is 5.22. The maximum Gasteiger partial charge on any atom is 0.416 e. The molecule has 3 amide bonds. The van der Waals surface area contributed by atoms with Gasteiger partial charge in [-0.25, -0.2) is 5.43 Å². The third-order valence-electron chi connectivity index (χ3n) is 5.22. The molecule has 1 heterocycles. The number of rotatable bonds is 8. The van der Waals surface area contributed by atoms with Crippen LogP contribution in [0.2, 0.25) is 0 Å². The van der Waals surface area contributed by atoms with E-state index in [9.17, 15) is 27.6 Å². The zero-order valence-corrected chi connectivity index (χ0v) is 20.1. The highest BCUT2D eigenvalue weighted by Crippen LogP contribution is 2.32. The fourth-order valence-corrected chi connectivity index (χ4v) is 3.36. The van der Waals surface area contributed by atoms with Gasteiger partial charge < -0.3 is 24.8 Å². The maximum atomic E-state index is 12.9. The molecule has 0 aromatic heterocycles. The molecular formula is C26H21F3N4O6. The van der Waals surface area contributed by atoms with Crippen molar-refractivity contribution in [2.45, 2.75) is 12.7 Å². The van der Waals surface area contributed by atoms with Crippen molar-refractivity contribution in [1.82, 2.24) is 10.7 Å². The molecule has 0 bridgehead atoms. The zero-order chi connectivity index (χ0) is 27.8. The Morgan fingerprint density at radius 3 is 2.56 bits per heavy atom. The number of benzene rings is 3. The number of halogens is 3. The molecule has 3 aromatic rings. The summed E-state index contributed by atoms with van der Waals surface area (Å²) in [5, 5.41) is 8.54. The lowest BCUT2D eigenvalue weighted by Gasteiger charge is -2.11. The Labute approximate surface area is 219 Å². The number of para-hydroxylation sites is 1. The molecule has 1 aliphatic rings. The average molecular weight is 542 g/mol. The lowest BCUT2D eigenvalue weighted by molar-refractivity contribution is -0.139. The second-order valence-corrected chi connectivity index (χ2v) is 8.02. The summed E-state index contributed by atoms with van der Waals surface area (Å²) in [6.45, 7) is -0.311. The summed E-state index contributed by atoms with van der Waals surface area (Å²) in [4.78, 5) is 36.3. The van der Waals surface area contributed by atoms with E-state index < -0.39 is 36.1 Å². The van der Waals surface area contributed by atoms with E-state index in [1.807, 2.05) is 0 Å². The topological polar surface area (TPSA) is 127 Å². The Morgan fingerprint density at radius 2 is 1.74 bits per heavy atom. The van der Waals surface area contributed by atoms with E-state index in [2.05, 4.69) is 21.2 Å². The quantitative estimate of drug-likeness (QED) is 0.228. The lowest BCUT2D eigenvalue weighted by atomic mass is 10.2. The molecule has 10 nitrogen and oxygen atoms in total. The molecule has 4 rings (SSSR count).